The summed E-state index contributed by atoms with van der Waals surface area (Å²) in [5.74, 6) is -1.35. The van der Waals surface area contributed by atoms with Gasteiger partial charge in [0.25, 0.3) is 0 Å². The molecule has 0 aliphatic heterocycles. The van der Waals surface area contributed by atoms with Crippen LogP contribution in [0, 0.1) is 0 Å². The second-order valence-electron chi connectivity index (χ2n) is 5.06. The molecule has 3 rings (SSSR count). The molecule has 0 spiro atoms. The van der Waals surface area contributed by atoms with Crippen molar-refractivity contribution in [3.8, 4) is 0 Å². The molecule has 1 unspecified atom stereocenters. The van der Waals surface area contributed by atoms with Crippen LogP contribution in [0.1, 0.15) is 17.0 Å². The topological polar surface area (TPSA) is 50.2 Å². The largest absolute Gasteiger partial charge is 0.481 e. The molecule has 2 aromatic carbocycles. The summed E-state index contributed by atoms with van der Waals surface area (Å²) in [4.78, 5) is 15.6. The molecule has 0 fully saturated rings. The first kappa shape index (κ1) is 13.3. The molecule has 1 atom stereocenters. The number of benzene rings is 2. The van der Waals surface area contributed by atoms with Gasteiger partial charge in [-0.05, 0) is 40.5 Å². The lowest BCUT2D eigenvalue weighted by molar-refractivity contribution is -0.138. The number of nitrogens with zero attached hydrogens (tertiary/aromatic N) is 1. The summed E-state index contributed by atoms with van der Waals surface area (Å²) in [5.41, 5.74) is 1.81. The van der Waals surface area contributed by atoms with E-state index in [1.807, 2.05) is 54.6 Å². The first-order chi connectivity index (χ1) is 10.2. The zero-order valence-electron chi connectivity index (χ0n) is 11.4. The maximum Gasteiger partial charge on any atom is 0.311 e. The maximum absolute atomic E-state index is 11.6. The van der Waals surface area contributed by atoms with Crippen molar-refractivity contribution in [3.63, 3.8) is 0 Å². The average Bonchev–Trinajstić information content (AvgIpc) is 2.53. The van der Waals surface area contributed by atoms with Gasteiger partial charge >= 0.3 is 5.97 Å². The van der Waals surface area contributed by atoms with Crippen LogP contribution in [-0.4, -0.2) is 16.1 Å². The minimum absolute atomic E-state index is 0.468. The Morgan fingerprint density at radius 3 is 2.43 bits per heavy atom. The number of fused-ring (bicyclic) bond motifs is 1. The minimum atomic E-state index is -0.804. The number of carboxylic acids is 1. The van der Waals surface area contributed by atoms with Gasteiger partial charge in [-0.2, -0.15) is 0 Å². The summed E-state index contributed by atoms with van der Waals surface area (Å²) in [6, 6.07) is 17.5. The highest BCUT2D eigenvalue weighted by Crippen LogP contribution is 2.25. The van der Waals surface area contributed by atoms with Crippen molar-refractivity contribution in [1.82, 2.24) is 4.98 Å². The van der Waals surface area contributed by atoms with E-state index >= 15 is 0 Å². The van der Waals surface area contributed by atoms with Crippen LogP contribution < -0.4 is 0 Å². The Morgan fingerprint density at radius 2 is 1.71 bits per heavy atom. The molecule has 0 radical (unpaired) electrons. The summed E-state index contributed by atoms with van der Waals surface area (Å²) < 4.78 is 0. The molecule has 3 heteroatoms. The van der Waals surface area contributed by atoms with E-state index in [0.29, 0.717) is 6.42 Å². The third kappa shape index (κ3) is 2.92. The number of carboxylic acid groups (broad SMARTS) is 1. The van der Waals surface area contributed by atoms with Gasteiger partial charge in [-0.1, -0.05) is 42.5 Å². The monoisotopic (exact) mass is 277 g/mol. The Labute approximate surface area is 122 Å². The zero-order chi connectivity index (χ0) is 14.7. The molecule has 1 N–H and O–H groups in total. The van der Waals surface area contributed by atoms with Gasteiger partial charge in [0.15, 0.2) is 0 Å². The Kier molecular flexibility index (Phi) is 3.65. The molecule has 21 heavy (non-hydrogen) atoms. The van der Waals surface area contributed by atoms with E-state index in [0.717, 1.165) is 21.9 Å². The van der Waals surface area contributed by atoms with Gasteiger partial charge in [-0.25, -0.2) is 0 Å². The van der Waals surface area contributed by atoms with Crippen LogP contribution in [0.15, 0.2) is 67.0 Å². The van der Waals surface area contributed by atoms with Crippen LogP contribution in [0.25, 0.3) is 10.8 Å². The van der Waals surface area contributed by atoms with Crippen LogP contribution in [0.3, 0.4) is 0 Å². The van der Waals surface area contributed by atoms with Crippen molar-refractivity contribution >= 4 is 16.7 Å². The van der Waals surface area contributed by atoms with E-state index in [-0.39, 0.29) is 0 Å². The van der Waals surface area contributed by atoms with Crippen molar-refractivity contribution < 1.29 is 9.90 Å². The van der Waals surface area contributed by atoms with Crippen molar-refractivity contribution in [2.45, 2.75) is 12.3 Å². The van der Waals surface area contributed by atoms with Gasteiger partial charge in [0.2, 0.25) is 0 Å². The van der Waals surface area contributed by atoms with E-state index in [1.165, 1.54) is 0 Å². The standard InChI is InChI=1S/C18H15NO2/c20-18(21)17(11-13-7-9-19-10-8-13)16-6-5-14-3-1-2-4-15(14)12-16/h1-10,12,17H,11H2,(H,20,21). The molecule has 0 saturated carbocycles. The number of hydrogen-bond donors (Lipinski definition) is 1. The average molecular weight is 277 g/mol. The first-order valence-electron chi connectivity index (χ1n) is 6.84. The Bertz CT molecular complexity index is 768. The van der Waals surface area contributed by atoms with E-state index < -0.39 is 11.9 Å². The molecule has 3 nitrogen and oxygen atoms in total. The highest BCUT2D eigenvalue weighted by Gasteiger charge is 2.20. The number of pyridine rings is 1. The fourth-order valence-corrected chi connectivity index (χ4v) is 2.53. The Morgan fingerprint density at radius 1 is 1.00 bits per heavy atom. The first-order valence-corrected chi connectivity index (χ1v) is 6.84. The summed E-state index contributed by atoms with van der Waals surface area (Å²) in [7, 11) is 0. The second kappa shape index (κ2) is 5.75. The fraction of sp³-hybridized carbons (Fsp3) is 0.111. The van der Waals surface area contributed by atoms with Crippen molar-refractivity contribution in [2.24, 2.45) is 0 Å². The molecule has 1 heterocycles. The van der Waals surface area contributed by atoms with Crippen LogP contribution in [0.4, 0.5) is 0 Å². The molecular weight excluding hydrogens is 262 g/mol. The summed E-state index contributed by atoms with van der Waals surface area (Å²) in [5, 5.41) is 11.7. The van der Waals surface area contributed by atoms with Crippen LogP contribution in [0.5, 0.6) is 0 Å². The van der Waals surface area contributed by atoms with E-state index in [1.54, 1.807) is 12.4 Å². The van der Waals surface area contributed by atoms with Gasteiger partial charge < -0.3 is 5.11 Å². The van der Waals surface area contributed by atoms with E-state index in [4.69, 9.17) is 0 Å². The van der Waals surface area contributed by atoms with Crippen molar-refractivity contribution in [1.29, 1.82) is 0 Å². The van der Waals surface area contributed by atoms with Crippen LogP contribution in [-0.2, 0) is 11.2 Å². The van der Waals surface area contributed by atoms with Gasteiger partial charge in [0.1, 0.15) is 0 Å². The van der Waals surface area contributed by atoms with Crippen LogP contribution in [0.2, 0.25) is 0 Å². The highest BCUT2D eigenvalue weighted by atomic mass is 16.4. The van der Waals surface area contributed by atoms with E-state index in [9.17, 15) is 9.90 Å². The lowest BCUT2D eigenvalue weighted by Crippen LogP contribution is -2.14. The number of aromatic nitrogens is 1. The molecule has 0 aliphatic rings. The van der Waals surface area contributed by atoms with Crippen LogP contribution >= 0.6 is 0 Å². The number of rotatable bonds is 4. The summed E-state index contributed by atoms with van der Waals surface area (Å²) in [6.45, 7) is 0. The fourth-order valence-electron chi connectivity index (χ4n) is 2.53. The van der Waals surface area contributed by atoms with Gasteiger partial charge in [-0.15, -0.1) is 0 Å². The van der Waals surface area contributed by atoms with Crippen molar-refractivity contribution in [3.05, 3.63) is 78.1 Å². The highest BCUT2D eigenvalue weighted by molar-refractivity contribution is 5.85. The van der Waals surface area contributed by atoms with Gasteiger partial charge in [0.05, 0.1) is 5.92 Å². The zero-order valence-corrected chi connectivity index (χ0v) is 11.4. The molecular formula is C18H15NO2. The SMILES string of the molecule is O=C(O)C(Cc1ccncc1)c1ccc2ccccc2c1. The Balaban J connectivity index is 1.97. The minimum Gasteiger partial charge on any atom is -0.481 e. The second-order valence-corrected chi connectivity index (χ2v) is 5.06. The number of hydrogen-bond acceptors (Lipinski definition) is 2. The molecule has 104 valence electrons. The number of carbonyl (C=O) groups is 1. The normalized spacial score (nSPS) is 12.2. The van der Waals surface area contributed by atoms with Crippen molar-refractivity contribution in [2.75, 3.05) is 0 Å². The molecule has 3 aromatic rings. The molecule has 0 bridgehead atoms. The summed E-state index contributed by atoms with van der Waals surface area (Å²) >= 11 is 0. The maximum atomic E-state index is 11.6. The van der Waals surface area contributed by atoms with Gasteiger partial charge in [-0.3, -0.25) is 9.78 Å². The van der Waals surface area contributed by atoms with E-state index in [2.05, 4.69) is 4.98 Å². The lowest BCUT2D eigenvalue weighted by Gasteiger charge is -2.13. The third-order valence-electron chi connectivity index (χ3n) is 3.66. The molecule has 0 amide bonds. The smallest absolute Gasteiger partial charge is 0.311 e. The predicted octanol–water partition coefficient (Wildman–Crippen LogP) is 3.65. The molecule has 0 aliphatic carbocycles. The molecule has 1 aromatic heterocycles. The summed E-state index contributed by atoms with van der Waals surface area (Å²) in [6.07, 6.45) is 3.85. The quantitative estimate of drug-likeness (QED) is 0.792. The molecule has 0 saturated heterocycles. The Hall–Kier alpha value is -2.68. The van der Waals surface area contributed by atoms with Gasteiger partial charge in [0, 0.05) is 12.4 Å². The predicted molar refractivity (Wildman–Crippen MR) is 82.3 cm³/mol. The number of aliphatic carboxylic acids is 1. The third-order valence-corrected chi connectivity index (χ3v) is 3.66. The lowest BCUT2D eigenvalue weighted by atomic mass is 9.91.